The quantitative estimate of drug-likeness (QED) is 0.604. The first kappa shape index (κ1) is 7.64. The molecule has 0 N–H and O–H groups in total. The largest absolute Gasteiger partial charge is 0.201 e. The van der Waals surface area contributed by atoms with Gasteiger partial charge in [-0.05, 0) is 23.7 Å². The zero-order chi connectivity index (χ0) is 9.38. The highest BCUT2D eigenvalue weighted by molar-refractivity contribution is 7.03. The molecule has 14 heavy (non-hydrogen) atoms. The highest BCUT2D eigenvalue weighted by atomic mass is 32.1. The van der Waals surface area contributed by atoms with E-state index in [9.17, 15) is 0 Å². The summed E-state index contributed by atoms with van der Waals surface area (Å²) < 4.78 is 5.69. The zero-order valence-electron chi connectivity index (χ0n) is 7.16. The topological polar surface area (TPSA) is 43.1 Å². The molecule has 0 spiro atoms. The number of fused-ring (bicyclic) bond motifs is 1. The van der Waals surface area contributed by atoms with Crippen LogP contribution in [0.5, 0.6) is 0 Å². The van der Waals surface area contributed by atoms with Gasteiger partial charge in [0.05, 0.1) is 11.7 Å². The Morgan fingerprint density at radius 3 is 3.07 bits per heavy atom. The van der Waals surface area contributed by atoms with E-state index in [0.29, 0.717) is 0 Å². The van der Waals surface area contributed by atoms with E-state index in [1.165, 1.54) is 11.5 Å². The van der Waals surface area contributed by atoms with Crippen LogP contribution in [0, 0.1) is 0 Å². The Kier molecular flexibility index (Phi) is 1.57. The van der Waals surface area contributed by atoms with Crippen LogP contribution in [-0.2, 0) is 0 Å². The minimum absolute atomic E-state index is 1.01. The van der Waals surface area contributed by atoms with Crippen molar-refractivity contribution in [3.8, 4) is 11.1 Å². The van der Waals surface area contributed by atoms with Gasteiger partial charge in [-0.1, -0.05) is 0 Å². The molecule has 3 heterocycles. The Morgan fingerprint density at radius 1 is 1.21 bits per heavy atom. The molecule has 4 nitrogen and oxygen atoms in total. The van der Waals surface area contributed by atoms with Crippen LogP contribution in [0.25, 0.3) is 16.6 Å². The third-order valence-electron chi connectivity index (χ3n) is 2.05. The molecule has 0 radical (unpaired) electrons. The lowest BCUT2D eigenvalue weighted by molar-refractivity contribution is 0.800. The molecule has 0 bridgehead atoms. The van der Waals surface area contributed by atoms with Gasteiger partial charge in [0.2, 0.25) is 0 Å². The van der Waals surface area contributed by atoms with E-state index in [4.69, 9.17) is 0 Å². The van der Waals surface area contributed by atoms with Crippen molar-refractivity contribution in [2.45, 2.75) is 0 Å². The molecule has 0 unspecified atom stereocenters. The molecule has 0 saturated carbocycles. The summed E-state index contributed by atoms with van der Waals surface area (Å²) in [5, 5.41) is 10.3. The van der Waals surface area contributed by atoms with Gasteiger partial charge in [0.1, 0.15) is 0 Å². The minimum Gasteiger partial charge on any atom is -0.201 e. The standard InChI is InChI=1S/C9H6N4S/c1-2-9-8(7-4-12-14-6-7)5-11-13(9)10-3-1/h1-6H. The smallest absolute Gasteiger partial charge is 0.0952 e. The summed E-state index contributed by atoms with van der Waals surface area (Å²) in [4.78, 5) is 0. The van der Waals surface area contributed by atoms with Crippen LogP contribution in [0.2, 0.25) is 0 Å². The van der Waals surface area contributed by atoms with E-state index in [1.54, 1.807) is 10.8 Å². The Hall–Kier alpha value is -1.75. The molecule has 0 fully saturated rings. The van der Waals surface area contributed by atoms with E-state index in [-0.39, 0.29) is 0 Å². The SMILES string of the molecule is c1cnn2ncc(-c3cnsc3)c2c1. The van der Waals surface area contributed by atoms with Gasteiger partial charge in [-0.2, -0.15) is 14.8 Å². The maximum absolute atomic E-state index is 4.16. The van der Waals surface area contributed by atoms with Crippen LogP contribution in [0.1, 0.15) is 0 Å². The fourth-order valence-electron chi connectivity index (χ4n) is 1.39. The minimum atomic E-state index is 1.01. The number of hydrogen-bond donors (Lipinski definition) is 0. The first-order valence-electron chi connectivity index (χ1n) is 4.14. The predicted molar refractivity (Wildman–Crippen MR) is 54.1 cm³/mol. The second-order valence-electron chi connectivity index (χ2n) is 2.87. The van der Waals surface area contributed by atoms with Crippen molar-refractivity contribution in [3.63, 3.8) is 0 Å². The monoisotopic (exact) mass is 202 g/mol. The average molecular weight is 202 g/mol. The first-order valence-corrected chi connectivity index (χ1v) is 4.97. The molecule has 3 rings (SSSR count). The summed E-state index contributed by atoms with van der Waals surface area (Å²) in [6.07, 6.45) is 5.37. The number of nitrogens with zero attached hydrogens (tertiary/aromatic N) is 4. The molecule has 0 saturated heterocycles. The molecule has 3 aromatic heterocycles. The molecule has 5 heteroatoms. The molecule has 68 valence electrons. The molecular formula is C9H6N4S. The summed E-state index contributed by atoms with van der Waals surface area (Å²) in [6.45, 7) is 0. The van der Waals surface area contributed by atoms with E-state index < -0.39 is 0 Å². The van der Waals surface area contributed by atoms with E-state index in [0.717, 1.165) is 16.6 Å². The Balaban J connectivity index is 2.33. The maximum atomic E-state index is 4.16. The molecule has 0 aliphatic heterocycles. The van der Waals surface area contributed by atoms with Crippen molar-refractivity contribution >= 4 is 17.0 Å². The second kappa shape index (κ2) is 2.88. The third-order valence-corrected chi connectivity index (χ3v) is 2.63. The lowest BCUT2D eigenvalue weighted by Crippen LogP contribution is -1.90. The van der Waals surface area contributed by atoms with Crippen LogP contribution >= 0.6 is 11.5 Å². The normalized spacial score (nSPS) is 10.9. The summed E-state index contributed by atoms with van der Waals surface area (Å²) >= 11 is 1.44. The van der Waals surface area contributed by atoms with Gasteiger partial charge in [-0.15, -0.1) is 0 Å². The lowest BCUT2D eigenvalue weighted by Gasteiger charge is -1.92. The number of aromatic nitrogens is 4. The fraction of sp³-hybridized carbons (Fsp3) is 0. The van der Waals surface area contributed by atoms with Gasteiger partial charge in [0, 0.05) is 28.9 Å². The molecule has 0 aromatic carbocycles. The number of hydrogen-bond acceptors (Lipinski definition) is 4. The van der Waals surface area contributed by atoms with Gasteiger partial charge < -0.3 is 0 Å². The van der Waals surface area contributed by atoms with Crippen LogP contribution in [0.3, 0.4) is 0 Å². The van der Waals surface area contributed by atoms with Gasteiger partial charge >= 0.3 is 0 Å². The van der Waals surface area contributed by atoms with Crippen molar-refractivity contribution in [3.05, 3.63) is 36.1 Å². The number of rotatable bonds is 1. The van der Waals surface area contributed by atoms with E-state index >= 15 is 0 Å². The predicted octanol–water partition coefficient (Wildman–Crippen LogP) is 1.85. The van der Waals surface area contributed by atoms with Crippen LogP contribution in [-0.4, -0.2) is 19.2 Å². The van der Waals surface area contributed by atoms with Crippen LogP contribution in [0.15, 0.2) is 36.1 Å². The third kappa shape index (κ3) is 1.03. The van der Waals surface area contributed by atoms with Crippen molar-refractivity contribution in [2.75, 3.05) is 0 Å². The maximum Gasteiger partial charge on any atom is 0.0952 e. The summed E-state index contributed by atoms with van der Waals surface area (Å²) in [5.74, 6) is 0. The highest BCUT2D eigenvalue weighted by Gasteiger charge is 2.06. The molecular weight excluding hydrogens is 196 g/mol. The Labute approximate surface area is 84.0 Å². The summed E-state index contributed by atoms with van der Waals surface area (Å²) in [5.41, 5.74) is 3.18. The van der Waals surface area contributed by atoms with Crippen molar-refractivity contribution in [2.24, 2.45) is 0 Å². The molecule has 3 aromatic rings. The fourth-order valence-corrected chi connectivity index (χ4v) is 1.93. The van der Waals surface area contributed by atoms with Crippen molar-refractivity contribution in [1.29, 1.82) is 0 Å². The van der Waals surface area contributed by atoms with Gasteiger partial charge in [0.25, 0.3) is 0 Å². The zero-order valence-corrected chi connectivity index (χ0v) is 7.98. The van der Waals surface area contributed by atoms with Gasteiger partial charge in [-0.25, -0.2) is 4.37 Å². The molecule has 0 amide bonds. The van der Waals surface area contributed by atoms with Crippen molar-refractivity contribution < 1.29 is 0 Å². The van der Waals surface area contributed by atoms with E-state index in [1.807, 2.05) is 29.9 Å². The Bertz CT molecular complexity index is 555. The lowest BCUT2D eigenvalue weighted by atomic mass is 10.2. The van der Waals surface area contributed by atoms with Crippen molar-refractivity contribution in [1.82, 2.24) is 19.2 Å². The van der Waals surface area contributed by atoms with Gasteiger partial charge in [0.15, 0.2) is 0 Å². The molecule has 0 atom stereocenters. The molecule has 0 aliphatic rings. The van der Waals surface area contributed by atoms with Gasteiger partial charge in [-0.3, -0.25) is 0 Å². The second-order valence-corrected chi connectivity index (χ2v) is 3.53. The van der Waals surface area contributed by atoms with Crippen LogP contribution < -0.4 is 0 Å². The van der Waals surface area contributed by atoms with Crippen LogP contribution in [0.4, 0.5) is 0 Å². The van der Waals surface area contributed by atoms with E-state index in [2.05, 4.69) is 14.6 Å². The summed E-state index contributed by atoms with van der Waals surface area (Å²) in [7, 11) is 0. The first-order chi connectivity index (χ1) is 6.95. The molecule has 0 aliphatic carbocycles. The average Bonchev–Trinajstić information content (AvgIpc) is 2.85. The Morgan fingerprint density at radius 2 is 2.21 bits per heavy atom. The highest BCUT2D eigenvalue weighted by Crippen LogP contribution is 2.24. The summed E-state index contributed by atoms with van der Waals surface area (Å²) in [6, 6.07) is 3.90.